The molecule has 1 aromatic rings. The molecule has 0 radical (unpaired) electrons. The fourth-order valence-corrected chi connectivity index (χ4v) is 4.36. The minimum absolute atomic E-state index is 0.0295. The lowest BCUT2D eigenvalue weighted by atomic mass is 9.81. The maximum absolute atomic E-state index is 12.5. The van der Waals surface area contributed by atoms with Crippen molar-refractivity contribution in [2.75, 3.05) is 25.1 Å². The number of benzene rings is 1. The molecule has 1 aromatic carbocycles. The minimum Gasteiger partial charge on any atom is -0.490 e. The summed E-state index contributed by atoms with van der Waals surface area (Å²) in [5.74, 6) is 0.127. The molecule has 1 saturated carbocycles. The average molecular weight is 407 g/mol. The largest absolute Gasteiger partial charge is 0.490 e. The number of carbonyl (C=O) groups is 3. The molecule has 2 aliphatic heterocycles. The molecule has 1 N–H and O–H groups in total. The zero-order chi connectivity index (χ0) is 19.7. The van der Waals surface area contributed by atoms with Gasteiger partial charge < -0.3 is 14.8 Å². The Morgan fingerprint density at radius 1 is 1.04 bits per heavy atom. The van der Waals surface area contributed by atoms with Gasteiger partial charge in [-0.3, -0.25) is 19.3 Å². The van der Waals surface area contributed by atoms with Gasteiger partial charge in [0.05, 0.1) is 35.8 Å². The number of hydrogen-bond acceptors (Lipinski definition) is 5. The number of hydrogen-bond donors (Lipinski definition) is 1. The second-order valence-corrected chi connectivity index (χ2v) is 7.86. The van der Waals surface area contributed by atoms with E-state index in [9.17, 15) is 14.4 Å². The summed E-state index contributed by atoms with van der Waals surface area (Å²) in [4.78, 5) is 38.6. The maximum atomic E-state index is 12.5. The molecule has 0 aromatic heterocycles. The van der Waals surface area contributed by atoms with Crippen LogP contribution in [0.15, 0.2) is 12.1 Å². The summed E-state index contributed by atoms with van der Waals surface area (Å²) in [7, 11) is 0. The van der Waals surface area contributed by atoms with E-state index in [2.05, 4.69) is 5.32 Å². The number of anilines is 1. The average Bonchev–Trinajstić information content (AvgIpc) is 2.83. The van der Waals surface area contributed by atoms with Crippen molar-refractivity contribution in [3.8, 4) is 11.5 Å². The number of nitrogens with zero attached hydrogens (tertiary/aromatic N) is 1. The molecule has 2 atom stereocenters. The van der Waals surface area contributed by atoms with Crippen molar-refractivity contribution in [3.63, 3.8) is 0 Å². The van der Waals surface area contributed by atoms with Crippen molar-refractivity contribution < 1.29 is 23.9 Å². The molecule has 0 unspecified atom stereocenters. The number of halogens is 1. The second-order valence-electron chi connectivity index (χ2n) is 7.45. The summed E-state index contributed by atoms with van der Waals surface area (Å²) in [5.41, 5.74) is 0.420. The third-order valence-electron chi connectivity index (χ3n) is 5.61. The molecule has 0 bridgehead atoms. The number of likely N-dealkylation sites (tertiary alicyclic amines) is 1. The van der Waals surface area contributed by atoms with E-state index >= 15 is 0 Å². The SMILES string of the molecule is O=C(CCN1C(=O)[C@@H]2CCCC[C@H]2C1=O)Nc1cc2c(cc1Cl)OCCCO2. The van der Waals surface area contributed by atoms with Crippen molar-refractivity contribution in [3.05, 3.63) is 17.2 Å². The molecule has 28 heavy (non-hydrogen) atoms. The van der Waals surface area contributed by atoms with Gasteiger partial charge in [0.2, 0.25) is 17.7 Å². The molecule has 7 nitrogen and oxygen atoms in total. The molecule has 4 rings (SSSR count). The number of amides is 3. The van der Waals surface area contributed by atoms with E-state index < -0.39 is 0 Å². The number of ether oxygens (including phenoxy) is 2. The topological polar surface area (TPSA) is 84.9 Å². The quantitative estimate of drug-likeness (QED) is 0.777. The molecule has 2 fully saturated rings. The summed E-state index contributed by atoms with van der Waals surface area (Å²) in [6, 6.07) is 3.26. The Bertz CT molecular complexity index is 788. The number of rotatable bonds is 4. The Kier molecular flexibility index (Phi) is 5.44. The molecule has 0 spiro atoms. The van der Waals surface area contributed by atoms with E-state index in [1.807, 2.05) is 0 Å². The first-order valence-electron chi connectivity index (χ1n) is 9.79. The van der Waals surface area contributed by atoms with Gasteiger partial charge >= 0.3 is 0 Å². The Balaban J connectivity index is 1.38. The van der Waals surface area contributed by atoms with Gasteiger partial charge in [0, 0.05) is 31.5 Å². The predicted molar refractivity (Wildman–Crippen MR) is 102 cm³/mol. The van der Waals surface area contributed by atoms with Crippen molar-refractivity contribution in [2.24, 2.45) is 11.8 Å². The van der Waals surface area contributed by atoms with Crippen molar-refractivity contribution >= 4 is 35.0 Å². The molecule has 150 valence electrons. The molecular formula is C20H23ClN2O5. The summed E-state index contributed by atoms with van der Waals surface area (Å²) in [5, 5.41) is 3.09. The van der Waals surface area contributed by atoms with Crippen molar-refractivity contribution in [1.29, 1.82) is 0 Å². The van der Waals surface area contributed by atoms with E-state index in [4.69, 9.17) is 21.1 Å². The highest BCUT2D eigenvalue weighted by atomic mass is 35.5. The zero-order valence-electron chi connectivity index (χ0n) is 15.5. The molecule has 1 saturated heterocycles. The highest BCUT2D eigenvalue weighted by Gasteiger charge is 2.47. The van der Waals surface area contributed by atoms with Gasteiger partial charge in [-0.1, -0.05) is 24.4 Å². The Morgan fingerprint density at radius 3 is 2.29 bits per heavy atom. The zero-order valence-corrected chi connectivity index (χ0v) is 16.3. The van der Waals surface area contributed by atoms with Crippen molar-refractivity contribution in [1.82, 2.24) is 4.90 Å². The van der Waals surface area contributed by atoms with E-state index in [1.54, 1.807) is 12.1 Å². The minimum atomic E-state index is -0.313. The van der Waals surface area contributed by atoms with Crippen LogP contribution in [0.2, 0.25) is 5.02 Å². The number of carbonyl (C=O) groups excluding carboxylic acids is 3. The van der Waals surface area contributed by atoms with E-state index in [1.165, 1.54) is 4.90 Å². The Hall–Kier alpha value is -2.28. The Morgan fingerprint density at radius 2 is 1.64 bits per heavy atom. The number of imide groups is 1. The van der Waals surface area contributed by atoms with Crippen LogP contribution in [0.25, 0.3) is 0 Å². The molecule has 3 amide bonds. The fourth-order valence-electron chi connectivity index (χ4n) is 4.16. The second kappa shape index (κ2) is 7.99. The van der Waals surface area contributed by atoms with Gasteiger partial charge in [-0.05, 0) is 12.8 Å². The smallest absolute Gasteiger partial charge is 0.233 e. The van der Waals surface area contributed by atoms with Gasteiger partial charge in [-0.15, -0.1) is 0 Å². The summed E-state index contributed by atoms with van der Waals surface area (Å²) >= 11 is 6.25. The van der Waals surface area contributed by atoms with Crippen LogP contribution in [0, 0.1) is 11.8 Å². The van der Waals surface area contributed by atoms with Crippen LogP contribution in [0.1, 0.15) is 38.5 Å². The lowest BCUT2D eigenvalue weighted by Gasteiger charge is -2.19. The van der Waals surface area contributed by atoms with Crippen LogP contribution < -0.4 is 14.8 Å². The van der Waals surface area contributed by atoms with Gasteiger partial charge in [0.15, 0.2) is 11.5 Å². The summed E-state index contributed by atoms with van der Waals surface area (Å²) < 4.78 is 11.2. The highest BCUT2D eigenvalue weighted by Crippen LogP contribution is 2.39. The Labute approximate surface area is 168 Å². The standard InChI is InChI=1S/C20H23ClN2O5/c21-14-10-16-17(28-9-3-8-27-16)11-15(14)22-18(24)6-7-23-19(25)12-4-1-2-5-13(12)20(23)26/h10-13H,1-9H2,(H,22,24)/t12-,13-/m1/s1. The number of fused-ring (bicyclic) bond motifs is 2. The number of nitrogens with one attached hydrogen (secondary N) is 1. The van der Waals surface area contributed by atoms with Crippen LogP contribution in [0.5, 0.6) is 11.5 Å². The van der Waals surface area contributed by atoms with Crippen molar-refractivity contribution in [2.45, 2.75) is 38.5 Å². The van der Waals surface area contributed by atoms with Gasteiger partial charge in [-0.25, -0.2) is 0 Å². The molecule has 1 aliphatic carbocycles. The molecule has 3 aliphatic rings. The maximum Gasteiger partial charge on any atom is 0.233 e. The van der Waals surface area contributed by atoms with E-state index in [0.29, 0.717) is 35.4 Å². The van der Waals surface area contributed by atoms with Crippen LogP contribution in [0.4, 0.5) is 5.69 Å². The van der Waals surface area contributed by atoms with E-state index in [-0.39, 0.29) is 42.5 Å². The van der Waals surface area contributed by atoms with Crippen LogP contribution in [-0.2, 0) is 14.4 Å². The first kappa shape index (κ1) is 19.1. The van der Waals surface area contributed by atoms with Gasteiger partial charge in [0.25, 0.3) is 0 Å². The molecular weight excluding hydrogens is 384 g/mol. The molecule has 2 heterocycles. The lowest BCUT2D eigenvalue weighted by Crippen LogP contribution is -2.34. The molecule has 8 heteroatoms. The first-order valence-corrected chi connectivity index (χ1v) is 10.2. The fraction of sp³-hybridized carbons (Fsp3) is 0.550. The van der Waals surface area contributed by atoms with Crippen LogP contribution in [0.3, 0.4) is 0 Å². The van der Waals surface area contributed by atoms with Crippen LogP contribution >= 0.6 is 11.6 Å². The van der Waals surface area contributed by atoms with Crippen LogP contribution in [-0.4, -0.2) is 42.4 Å². The third-order valence-corrected chi connectivity index (χ3v) is 5.92. The third kappa shape index (κ3) is 3.68. The normalized spacial score (nSPS) is 24.0. The lowest BCUT2D eigenvalue weighted by molar-refractivity contribution is -0.140. The predicted octanol–water partition coefficient (Wildman–Crippen LogP) is 3.01. The monoisotopic (exact) mass is 406 g/mol. The summed E-state index contributed by atoms with van der Waals surface area (Å²) in [6.45, 7) is 1.18. The summed E-state index contributed by atoms with van der Waals surface area (Å²) in [6.07, 6.45) is 4.30. The van der Waals surface area contributed by atoms with Gasteiger partial charge in [0.1, 0.15) is 0 Å². The van der Waals surface area contributed by atoms with Gasteiger partial charge in [-0.2, -0.15) is 0 Å². The van der Waals surface area contributed by atoms with E-state index in [0.717, 1.165) is 32.1 Å². The first-order chi connectivity index (χ1) is 13.5. The highest BCUT2D eigenvalue weighted by molar-refractivity contribution is 6.34.